The highest BCUT2D eigenvalue weighted by atomic mass is 19.4. The van der Waals surface area contributed by atoms with Crippen molar-refractivity contribution in [3.63, 3.8) is 0 Å². The second kappa shape index (κ2) is 6.28. The molecule has 20 heavy (non-hydrogen) atoms. The fraction of sp³-hybridized carbons (Fsp3) is 0.385. The van der Waals surface area contributed by atoms with Crippen LogP contribution in [0.2, 0.25) is 0 Å². The molecule has 7 heteroatoms. The second-order valence-corrected chi connectivity index (χ2v) is 4.00. The number of esters is 1. The molecule has 1 N–H and O–H groups in total. The number of nitriles is 1. The van der Waals surface area contributed by atoms with Crippen LogP contribution in [-0.2, 0) is 15.7 Å². The van der Waals surface area contributed by atoms with E-state index in [-0.39, 0.29) is 5.69 Å². The Morgan fingerprint density at radius 3 is 2.60 bits per heavy atom. The normalized spacial score (nSPS) is 12.4. The van der Waals surface area contributed by atoms with Gasteiger partial charge in [-0.2, -0.15) is 18.4 Å². The van der Waals surface area contributed by atoms with Gasteiger partial charge < -0.3 is 10.1 Å². The number of nitrogens with one attached hydrogen (secondary N) is 1. The number of carbonyl (C=O) groups excluding carboxylic acids is 1. The van der Waals surface area contributed by atoms with E-state index in [1.54, 1.807) is 6.92 Å². The predicted octanol–water partition coefficient (Wildman–Crippen LogP) is 2.94. The molecule has 1 aromatic rings. The highest BCUT2D eigenvalue weighted by Gasteiger charge is 2.34. The minimum atomic E-state index is -4.63. The molecule has 1 aromatic carbocycles. The highest BCUT2D eigenvalue weighted by molar-refractivity contribution is 5.79. The molecule has 0 saturated heterocycles. The van der Waals surface area contributed by atoms with E-state index in [2.05, 4.69) is 10.1 Å². The fourth-order valence-corrected chi connectivity index (χ4v) is 1.64. The number of alkyl halides is 3. The van der Waals surface area contributed by atoms with Crippen molar-refractivity contribution >= 4 is 11.7 Å². The monoisotopic (exact) mass is 286 g/mol. The molecular formula is C13H13F3N2O2. The van der Waals surface area contributed by atoms with Crippen molar-refractivity contribution in [2.75, 3.05) is 12.4 Å². The van der Waals surface area contributed by atoms with Crippen LogP contribution in [0.5, 0.6) is 0 Å². The van der Waals surface area contributed by atoms with Crippen LogP contribution < -0.4 is 5.32 Å². The van der Waals surface area contributed by atoms with E-state index in [1.165, 1.54) is 19.2 Å². The summed E-state index contributed by atoms with van der Waals surface area (Å²) in [6.07, 6.45) is -4.27. The minimum absolute atomic E-state index is 0.105. The summed E-state index contributed by atoms with van der Waals surface area (Å²) in [5, 5.41) is 11.3. The zero-order valence-corrected chi connectivity index (χ0v) is 10.9. The molecular weight excluding hydrogens is 273 g/mol. The van der Waals surface area contributed by atoms with Gasteiger partial charge in [-0.3, -0.25) is 0 Å². The van der Waals surface area contributed by atoms with E-state index in [9.17, 15) is 18.0 Å². The molecule has 0 aliphatic heterocycles. The summed E-state index contributed by atoms with van der Waals surface area (Å²) in [7, 11) is 1.20. The smallest absolute Gasteiger partial charge is 0.417 e. The van der Waals surface area contributed by atoms with Gasteiger partial charge in [0.25, 0.3) is 0 Å². The second-order valence-electron chi connectivity index (χ2n) is 4.00. The summed E-state index contributed by atoms with van der Waals surface area (Å²) >= 11 is 0. The van der Waals surface area contributed by atoms with Crippen LogP contribution in [-0.4, -0.2) is 19.1 Å². The Kier molecular flexibility index (Phi) is 4.97. The summed E-state index contributed by atoms with van der Waals surface area (Å²) in [5.41, 5.74) is -1.40. The van der Waals surface area contributed by atoms with Crippen LogP contribution in [0.25, 0.3) is 0 Å². The number of nitrogens with zero attached hydrogens (tertiary/aromatic N) is 1. The van der Waals surface area contributed by atoms with Crippen molar-refractivity contribution in [3.8, 4) is 6.07 Å². The van der Waals surface area contributed by atoms with Gasteiger partial charge in [0, 0.05) is 5.69 Å². The van der Waals surface area contributed by atoms with Gasteiger partial charge in [-0.1, -0.05) is 6.92 Å². The zero-order valence-electron chi connectivity index (χ0n) is 10.9. The van der Waals surface area contributed by atoms with Crippen LogP contribution in [0.3, 0.4) is 0 Å². The van der Waals surface area contributed by atoms with Crippen molar-refractivity contribution < 1.29 is 22.7 Å². The lowest BCUT2D eigenvalue weighted by molar-refractivity contribution is -0.141. The third kappa shape index (κ3) is 3.63. The summed E-state index contributed by atoms with van der Waals surface area (Å²) < 4.78 is 42.9. The first-order valence-electron chi connectivity index (χ1n) is 5.79. The maximum Gasteiger partial charge on any atom is 0.417 e. The van der Waals surface area contributed by atoms with Gasteiger partial charge >= 0.3 is 12.1 Å². The average Bonchev–Trinajstić information content (AvgIpc) is 2.42. The summed E-state index contributed by atoms with van der Waals surface area (Å²) in [6.45, 7) is 1.70. The van der Waals surface area contributed by atoms with E-state index < -0.39 is 29.3 Å². The summed E-state index contributed by atoms with van der Waals surface area (Å²) in [5.74, 6) is -0.564. The molecule has 1 rings (SSSR count). The van der Waals surface area contributed by atoms with E-state index in [4.69, 9.17) is 5.26 Å². The van der Waals surface area contributed by atoms with Gasteiger partial charge in [-0.05, 0) is 24.6 Å². The molecule has 0 bridgehead atoms. The van der Waals surface area contributed by atoms with Gasteiger partial charge in [0.05, 0.1) is 24.3 Å². The largest absolute Gasteiger partial charge is 0.467 e. The van der Waals surface area contributed by atoms with E-state index in [0.717, 1.165) is 12.1 Å². The molecule has 0 aliphatic rings. The standard InChI is InChI=1S/C13H13F3N2O2/c1-3-11(12(19)20-2)18-9-5-4-8(7-17)10(6-9)13(14,15)16/h4-6,11,18H,3H2,1-2H3. The van der Waals surface area contributed by atoms with E-state index in [1.807, 2.05) is 0 Å². The number of carbonyl (C=O) groups is 1. The van der Waals surface area contributed by atoms with Gasteiger partial charge in [0.15, 0.2) is 0 Å². The molecule has 0 aromatic heterocycles. The van der Waals surface area contributed by atoms with Crippen LogP contribution in [0.1, 0.15) is 24.5 Å². The summed E-state index contributed by atoms with van der Waals surface area (Å²) in [4.78, 5) is 11.4. The SMILES string of the molecule is CCC(Nc1ccc(C#N)c(C(F)(F)F)c1)C(=O)OC. The number of halogens is 3. The Morgan fingerprint density at radius 1 is 1.50 bits per heavy atom. The quantitative estimate of drug-likeness (QED) is 0.864. The first-order valence-corrected chi connectivity index (χ1v) is 5.79. The molecule has 0 aliphatic carbocycles. The Balaban J connectivity index is 3.10. The third-order valence-corrected chi connectivity index (χ3v) is 2.68. The lowest BCUT2D eigenvalue weighted by Gasteiger charge is -2.17. The number of hydrogen-bond acceptors (Lipinski definition) is 4. The number of anilines is 1. The molecule has 0 amide bonds. The zero-order chi connectivity index (χ0) is 15.3. The average molecular weight is 286 g/mol. The lowest BCUT2D eigenvalue weighted by Crippen LogP contribution is -2.30. The Bertz CT molecular complexity index is 535. The van der Waals surface area contributed by atoms with E-state index >= 15 is 0 Å². The van der Waals surface area contributed by atoms with Gasteiger partial charge in [0.2, 0.25) is 0 Å². The number of hydrogen-bond donors (Lipinski definition) is 1. The first-order chi connectivity index (χ1) is 9.33. The number of ether oxygens (including phenoxy) is 1. The number of benzene rings is 1. The van der Waals surface area contributed by atoms with Gasteiger partial charge in [0.1, 0.15) is 6.04 Å². The maximum atomic E-state index is 12.8. The molecule has 1 unspecified atom stereocenters. The van der Waals surface area contributed by atoms with Crippen LogP contribution in [0.4, 0.5) is 18.9 Å². The van der Waals surface area contributed by atoms with E-state index in [0.29, 0.717) is 6.42 Å². The van der Waals surface area contributed by atoms with Gasteiger partial charge in [-0.15, -0.1) is 0 Å². The Hall–Kier alpha value is -2.23. The number of methoxy groups -OCH3 is 1. The number of rotatable bonds is 4. The third-order valence-electron chi connectivity index (χ3n) is 2.68. The fourth-order valence-electron chi connectivity index (χ4n) is 1.64. The molecule has 4 nitrogen and oxygen atoms in total. The van der Waals surface area contributed by atoms with Crippen molar-refractivity contribution in [1.82, 2.24) is 0 Å². The van der Waals surface area contributed by atoms with Gasteiger partial charge in [-0.25, -0.2) is 4.79 Å². The topological polar surface area (TPSA) is 62.1 Å². The molecule has 0 saturated carbocycles. The molecule has 0 radical (unpaired) electrons. The van der Waals surface area contributed by atoms with Crippen LogP contribution in [0.15, 0.2) is 18.2 Å². The van der Waals surface area contributed by atoms with Crippen molar-refractivity contribution in [2.24, 2.45) is 0 Å². The van der Waals surface area contributed by atoms with Crippen molar-refractivity contribution in [1.29, 1.82) is 5.26 Å². The lowest BCUT2D eigenvalue weighted by atomic mass is 10.1. The maximum absolute atomic E-state index is 12.8. The molecule has 0 heterocycles. The molecule has 0 spiro atoms. The molecule has 0 fully saturated rings. The molecule has 1 atom stereocenters. The predicted molar refractivity (Wildman–Crippen MR) is 65.9 cm³/mol. The van der Waals surface area contributed by atoms with Crippen molar-refractivity contribution in [3.05, 3.63) is 29.3 Å². The minimum Gasteiger partial charge on any atom is -0.467 e. The first kappa shape index (κ1) is 15.8. The van der Waals surface area contributed by atoms with Crippen LogP contribution in [0, 0.1) is 11.3 Å². The van der Waals surface area contributed by atoms with Crippen LogP contribution >= 0.6 is 0 Å². The summed E-state index contributed by atoms with van der Waals surface area (Å²) in [6, 6.07) is 3.94. The Morgan fingerprint density at radius 2 is 2.15 bits per heavy atom. The highest BCUT2D eigenvalue weighted by Crippen LogP contribution is 2.33. The molecule has 108 valence electrons. The van der Waals surface area contributed by atoms with Crippen molar-refractivity contribution in [2.45, 2.75) is 25.6 Å². The Labute approximate surface area is 114 Å².